The van der Waals surface area contributed by atoms with Crippen LogP contribution in [0.15, 0.2) is 97.1 Å². The van der Waals surface area contributed by atoms with E-state index >= 15 is 0 Å². The molecule has 1 aliphatic carbocycles. The van der Waals surface area contributed by atoms with Gasteiger partial charge >= 0.3 is 0 Å². The summed E-state index contributed by atoms with van der Waals surface area (Å²) in [7, 11) is 0. The molecule has 0 saturated carbocycles. The van der Waals surface area contributed by atoms with Gasteiger partial charge in [0.15, 0.2) is 0 Å². The molecule has 0 spiro atoms. The minimum absolute atomic E-state index is 0.106. The van der Waals surface area contributed by atoms with Crippen molar-refractivity contribution in [3.05, 3.63) is 119 Å². The molecule has 6 heteroatoms. The highest BCUT2D eigenvalue weighted by Gasteiger charge is 2.45. The Morgan fingerprint density at radius 2 is 0.946 bits per heavy atom. The molecule has 0 heterocycles. The van der Waals surface area contributed by atoms with E-state index < -0.39 is 5.41 Å². The van der Waals surface area contributed by atoms with Crippen LogP contribution in [0, 0.1) is 0 Å². The van der Waals surface area contributed by atoms with Gasteiger partial charge in [-0.1, -0.05) is 72.8 Å². The minimum atomic E-state index is -0.479. The molecule has 0 saturated heterocycles. The molecule has 2 unspecified atom stereocenters. The molecule has 0 aliphatic heterocycles. The van der Waals surface area contributed by atoms with Gasteiger partial charge in [-0.2, -0.15) is 0 Å². The first kappa shape index (κ1) is 25.7. The van der Waals surface area contributed by atoms with Gasteiger partial charge in [-0.15, -0.1) is 0 Å². The molecule has 4 aromatic rings. The molecule has 1 aliphatic rings. The minimum Gasteiger partial charge on any atom is -0.491 e. The van der Waals surface area contributed by atoms with E-state index in [1.807, 2.05) is 38.1 Å². The zero-order valence-electron chi connectivity index (χ0n) is 20.8. The molecule has 37 heavy (non-hydrogen) atoms. The molecule has 190 valence electrons. The van der Waals surface area contributed by atoms with Crippen LogP contribution in [0.25, 0.3) is 11.1 Å². The first-order chi connectivity index (χ1) is 18.1. The zero-order chi connectivity index (χ0) is 25.8. The number of thiol groups is 2. The zero-order valence-corrected chi connectivity index (χ0v) is 22.6. The van der Waals surface area contributed by atoms with Crippen LogP contribution < -0.4 is 9.47 Å². The van der Waals surface area contributed by atoms with Crippen LogP contribution in [0.2, 0.25) is 0 Å². The van der Waals surface area contributed by atoms with Crippen molar-refractivity contribution in [2.24, 2.45) is 0 Å². The molecule has 0 N–H and O–H groups in total. The number of ether oxygens (including phenoxy) is 2. The van der Waals surface area contributed by atoms with Crippen molar-refractivity contribution in [3.63, 3.8) is 0 Å². The van der Waals surface area contributed by atoms with Gasteiger partial charge in [0.05, 0.1) is 5.41 Å². The molecule has 0 bridgehead atoms. The van der Waals surface area contributed by atoms with E-state index in [1.54, 1.807) is 0 Å². The number of hydrogen-bond acceptors (Lipinski definition) is 6. The van der Waals surface area contributed by atoms with Crippen LogP contribution in [0.1, 0.15) is 36.1 Å². The summed E-state index contributed by atoms with van der Waals surface area (Å²) >= 11 is 7.76. The second-order valence-corrected chi connectivity index (χ2v) is 9.77. The Morgan fingerprint density at radius 1 is 0.568 bits per heavy atom. The van der Waals surface area contributed by atoms with Crippen LogP contribution in [0.4, 0.5) is 0 Å². The summed E-state index contributed by atoms with van der Waals surface area (Å²) in [4.78, 5) is 0. The third-order valence-corrected chi connectivity index (χ3v) is 7.58. The Hall–Kier alpha value is -2.90. The molecule has 5 rings (SSSR count). The first-order valence-corrected chi connectivity index (χ1v) is 13.1. The van der Waals surface area contributed by atoms with Crippen LogP contribution in [-0.4, -0.2) is 25.4 Å². The SMILES string of the molecule is CC(COc1ccc(C2(c3ccc(OCC(C)OS)cc3)c3ccccc3-c3ccccc32)cc1)OS. The number of fused-ring (bicyclic) bond motifs is 3. The molecule has 2 atom stereocenters. The third kappa shape index (κ3) is 4.87. The summed E-state index contributed by atoms with van der Waals surface area (Å²) < 4.78 is 21.9. The van der Waals surface area contributed by atoms with Crippen molar-refractivity contribution in [3.8, 4) is 22.6 Å². The Balaban J connectivity index is 1.61. The van der Waals surface area contributed by atoms with E-state index in [4.69, 9.17) is 17.8 Å². The lowest BCUT2D eigenvalue weighted by atomic mass is 9.68. The predicted octanol–water partition coefficient (Wildman–Crippen LogP) is 7.31. The van der Waals surface area contributed by atoms with Gasteiger partial charge in [-0.05, 0) is 97.3 Å². The lowest BCUT2D eigenvalue weighted by molar-refractivity contribution is 0.168. The first-order valence-electron chi connectivity index (χ1n) is 12.3. The van der Waals surface area contributed by atoms with Crippen LogP contribution in [0.3, 0.4) is 0 Å². The maximum atomic E-state index is 5.92. The number of rotatable bonds is 10. The molecular formula is C31H30O4S2. The van der Waals surface area contributed by atoms with Crippen molar-refractivity contribution in [1.82, 2.24) is 0 Å². The Kier molecular flexibility index (Phi) is 7.81. The highest BCUT2D eigenvalue weighted by Crippen LogP contribution is 2.56. The monoisotopic (exact) mass is 530 g/mol. The van der Waals surface area contributed by atoms with E-state index in [2.05, 4.69) is 98.6 Å². The number of hydrogen-bond donors (Lipinski definition) is 2. The van der Waals surface area contributed by atoms with Gasteiger partial charge in [-0.3, -0.25) is 0 Å². The highest BCUT2D eigenvalue weighted by molar-refractivity contribution is 7.75. The summed E-state index contributed by atoms with van der Waals surface area (Å²) in [6.45, 7) is 4.69. The van der Waals surface area contributed by atoms with Gasteiger partial charge in [0.1, 0.15) is 36.9 Å². The average Bonchev–Trinajstić information content (AvgIpc) is 3.26. The maximum Gasteiger partial charge on any atom is 0.119 e. The molecule has 0 radical (unpaired) electrons. The van der Waals surface area contributed by atoms with Crippen molar-refractivity contribution in [2.75, 3.05) is 13.2 Å². The normalized spacial score (nSPS) is 14.9. The Labute approximate surface area is 229 Å². The summed E-state index contributed by atoms with van der Waals surface area (Å²) in [6.07, 6.45) is -0.211. The summed E-state index contributed by atoms with van der Waals surface area (Å²) in [5.41, 5.74) is 6.87. The Bertz CT molecular complexity index is 1230. The van der Waals surface area contributed by atoms with E-state index in [1.165, 1.54) is 33.4 Å². The van der Waals surface area contributed by atoms with Crippen molar-refractivity contribution >= 4 is 25.8 Å². The van der Waals surface area contributed by atoms with E-state index in [0.717, 1.165) is 11.5 Å². The third-order valence-electron chi connectivity index (χ3n) is 6.86. The second kappa shape index (κ2) is 11.2. The molecular weight excluding hydrogens is 500 g/mol. The largest absolute Gasteiger partial charge is 0.491 e. The van der Waals surface area contributed by atoms with Gasteiger partial charge in [0.2, 0.25) is 0 Å². The molecule has 0 fully saturated rings. The maximum absolute atomic E-state index is 5.92. The summed E-state index contributed by atoms with van der Waals surface area (Å²) in [6, 6.07) is 34.1. The Morgan fingerprint density at radius 3 is 1.32 bits per heavy atom. The predicted molar refractivity (Wildman–Crippen MR) is 154 cm³/mol. The van der Waals surface area contributed by atoms with Gasteiger partial charge < -0.3 is 17.8 Å². The highest BCUT2D eigenvalue weighted by atomic mass is 32.1. The fourth-order valence-corrected chi connectivity index (χ4v) is 5.24. The smallest absolute Gasteiger partial charge is 0.119 e. The van der Waals surface area contributed by atoms with Crippen molar-refractivity contribution < 1.29 is 17.8 Å². The van der Waals surface area contributed by atoms with E-state index in [9.17, 15) is 0 Å². The topological polar surface area (TPSA) is 36.9 Å². The van der Waals surface area contributed by atoms with Crippen LogP contribution in [0.5, 0.6) is 11.5 Å². The van der Waals surface area contributed by atoms with Gasteiger partial charge in [0, 0.05) is 0 Å². The van der Waals surface area contributed by atoms with Crippen LogP contribution in [-0.2, 0) is 13.8 Å². The quantitative estimate of drug-likeness (QED) is 0.147. The average molecular weight is 531 g/mol. The van der Waals surface area contributed by atoms with E-state index in [0.29, 0.717) is 13.2 Å². The number of benzene rings is 4. The molecule has 4 nitrogen and oxygen atoms in total. The summed E-state index contributed by atoms with van der Waals surface area (Å²) in [5, 5.41) is 0. The second-order valence-electron chi connectivity index (χ2n) is 9.34. The van der Waals surface area contributed by atoms with Crippen molar-refractivity contribution in [1.29, 1.82) is 0 Å². The molecule has 0 amide bonds. The molecule has 0 aromatic heterocycles. The van der Waals surface area contributed by atoms with Gasteiger partial charge in [0.25, 0.3) is 0 Å². The standard InChI is InChI=1S/C31H30O4S2/c1-21(34-36)19-32-25-15-11-23(12-16-25)31(24-13-17-26(18-14-24)33-20-22(2)35-37)29-9-5-3-7-27(29)28-8-4-6-10-30(28)31/h3-18,21-22,36-37H,19-20H2,1-2H3. The molecule has 4 aromatic carbocycles. The lowest BCUT2D eigenvalue weighted by Gasteiger charge is -2.34. The van der Waals surface area contributed by atoms with Gasteiger partial charge in [-0.25, -0.2) is 0 Å². The van der Waals surface area contributed by atoms with E-state index in [-0.39, 0.29) is 12.2 Å². The fourth-order valence-electron chi connectivity index (χ4n) is 5.11. The fraction of sp³-hybridized carbons (Fsp3) is 0.226. The summed E-state index contributed by atoms with van der Waals surface area (Å²) in [5.74, 6) is 1.58. The van der Waals surface area contributed by atoms with Crippen LogP contribution >= 0.6 is 25.8 Å². The lowest BCUT2D eigenvalue weighted by Crippen LogP contribution is -2.28. The van der Waals surface area contributed by atoms with Crippen molar-refractivity contribution in [2.45, 2.75) is 31.5 Å².